The van der Waals surface area contributed by atoms with Gasteiger partial charge in [-0.05, 0) is 44.9 Å². The van der Waals surface area contributed by atoms with Gasteiger partial charge in [-0.1, -0.05) is 49.7 Å². The molecule has 0 atom stereocenters. The summed E-state index contributed by atoms with van der Waals surface area (Å²) in [6.45, 7) is 0. The maximum Gasteiger partial charge on any atom is -0.0315 e. The van der Waals surface area contributed by atoms with E-state index in [9.17, 15) is 0 Å². The fourth-order valence-electron chi connectivity index (χ4n) is 3.21. The van der Waals surface area contributed by atoms with Gasteiger partial charge in [-0.2, -0.15) is 0 Å². The van der Waals surface area contributed by atoms with Crippen LogP contribution in [0.25, 0.3) is 0 Å². The summed E-state index contributed by atoms with van der Waals surface area (Å²) in [5.41, 5.74) is 3.74. The van der Waals surface area contributed by atoms with Crippen LogP contribution >= 0.6 is 0 Å². The van der Waals surface area contributed by atoms with Gasteiger partial charge in [0, 0.05) is 0 Å². The van der Waals surface area contributed by atoms with E-state index in [-0.39, 0.29) is 0 Å². The van der Waals surface area contributed by atoms with E-state index in [4.69, 9.17) is 0 Å². The Labute approximate surface area is 95.1 Å². The van der Waals surface area contributed by atoms with Crippen LogP contribution in [0.15, 0.2) is 11.1 Å². The molecule has 15 heavy (non-hydrogen) atoms. The first kappa shape index (κ1) is 11.2. The van der Waals surface area contributed by atoms with Gasteiger partial charge in [0.1, 0.15) is 0 Å². The van der Waals surface area contributed by atoms with Crippen molar-refractivity contribution < 1.29 is 0 Å². The van der Waals surface area contributed by atoms with Crippen LogP contribution in [0.5, 0.6) is 0 Å². The van der Waals surface area contributed by atoms with Crippen molar-refractivity contribution in [1.29, 1.82) is 0 Å². The fraction of sp³-hybridized carbons (Fsp3) is 0.867. The molecule has 0 aliphatic heterocycles. The molecule has 86 valence electrons. The largest absolute Gasteiger partial charge is 0.0710 e. The molecule has 0 bridgehead atoms. The highest BCUT2D eigenvalue weighted by Gasteiger charge is 2.13. The molecule has 0 aromatic heterocycles. The number of hydrogen-bond donors (Lipinski definition) is 0. The van der Waals surface area contributed by atoms with Gasteiger partial charge in [0.25, 0.3) is 0 Å². The Balaban J connectivity index is 1.86. The highest BCUT2D eigenvalue weighted by Crippen LogP contribution is 2.33. The monoisotopic (exact) mass is 206 g/mol. The maximum atomic E-state index is 1.87. The molecule has 0 aromatic rings. The summed E-state index contributed by atoms with van der Waals surface area (Å²) in [7, 11) is 0. The lowest BCUT2D eigenvalue weighted by Crippen LogP contribution is -1.90. The molecule has 2 aliphatic carbocycles. The second-order valence-electron chi connectivity index (χ2n) is 5.39. The molecule has 0 radical (unpaired) electrons. The van der Waals surface area contributed by atoms with Crippen LogP contribution in [-0.2, 0) is 0 Å². The minimum atomic E-state index is 1.44. The van der Waals surface area contributed by atoms with Gasteiger partial charge in [0.2, 0.25) is 0 Å². The third-order valence-electron chi connectivity index (χ3n) is 4.16. The van der Waals surface area contributed by atoms with E-state index in [1.165, 1.54) is 83.5 Å². The van der Waals surface area contributed by atoms with E-state index in [1.54, 1.807) is 0 Å². The first-order valence-corrected chi connectivity index (χ1v) is 7.16. The highest BCUT2D eigenvalue weighted by molar-refractivity contribution is 5.19. The standard InChI is InChI=1S/C15H26/c1-2-4-6-8-11-15-13-9-12-14(15)10-7-5-3-1/h1-13H2. The van der Waals surface area contributed by atoms with Crippen molar-refractivity contribution in [3.8, 4) is 0 Å². The molecule has 2 rings (SSSR count). The van der Waals surface area contributed by atoms with Gasteiger partial charge in [-0.15, -0.1) is 0 Å². The SMILES string of the molecule is C1CCCCCC2=C(CCCC1)CCC2. The number of allylic oxidation sites excluding steroid dienone is 2. The Bertz CT molecular complexity index is 190. The minimum absolute atomic E-state index is 1.44. The number of hydrogen-bond acceptors (Lipinski definition) is 0. The van der Waals surface area contributed by atoms with E-state index in [0.29, 0.717) is 0 Å². The molecule has 0 N–H and O–H groups in total. The zero-order valence-electron chi connectivity index (χ0n) is 10.2. The minimum Gasteiger partial charge on any atom is -0.0710 e. The molecule has 0 aromatic carbocycles. The van der Waals surface area contributed by atoms with E-state index >= 15 is 0 Å². The van der Waals surface area contributed by atoms with Gasteiger partial charge in [-0.3, -0.25) is 0 Å². The van der Waals surface area contributed by atoms with Crippen molar-refractivity contribution in [3.05, 3.63) is 11.1 Å². The highest BCUT2D eigenvalue weighted by atomic mass is 14.2. The topological polar surface area (TPSA) is 0 Å². The molecule has 0 fully saturated rings. The molecular formula is C15H26. The smallest absolute Gasteiger partial charge is 0.0315 e. The zero-order chi connectivity index (χ0) is 10.3. The second-order valence-corrected chi connectivity index (χ2v) is 5.39. The molecule has 0 saturated heterocycles. The van der Waals surface area contributed by atoms with E-state index in [0.717, 1.165) is 0 Å². The quantitative estimate of drug-likeness (QED) is 0.467. The summed E-state index contributed by atoms with van der Waals surface area (Å²) < 4.78 is 0. The predicted molar refractivity (Wildman–Crippen MR) is 67.0 cm³/mol. The molecule has 2 aliphatic rings. The Morgan fingerprint density at radius 2 is 0.667 bits per heavy atom. The van der Waals surface area contributed by atoms with E-state index in [1.807, 2.05) is 11.1 Å². The first-order valence-electron chi connectivity index (χ1n) is 7.16. The van der Waals surface area contributed by atoms with Gasteiger partial charge in [0.05, 0.1) is 0 Å². The van der Waals surface area contributed by atoms with Crippen molar-refractivity contribution in [1.82, 2.24) is 0 Å². The van der Waals surface area contributed by atoms with Crippen molar-refractivity contribution in [2.75, 3.05) is 0 Å². The van der Waals surface area contributed by atoms with Crippen LogP contribution in [0.4, 0.5) is 0 Å². The molecule has 0 saturated carbocycles. The van der Waals surface area contributed by atoms with E-state index in [2.05, 4.69) is 0 Å². The van der Waals surface area contributed by atoms with Crippen molar-refractivity contribution in [2.24, 2.45) is 0 Å². The van der Waals surface area contributed by atoms with Gasteiger partial charge in [-0.25, -0.2) is 0 Å². The van der Waals surface area contributed by atoms with Crippen LogP contribution in [-0.4, -0.2) is 0 Å². The normalized spacial score (nSPS) is 25.6. The first-order chi connectivity index (χ1) is 7.47. The predicted octanol–water partition coefficient (Wildman–Crippen LogP) is 5.38. The lowest BCUT2D eigenvalue weighted by molar-refractivity contribution is 0.558. The van der Waals surface area contributed by atoms with Crippen LogP contribution < -0.4 is 0 Å². The lowest BCUT2D eigenvalue weighted by atomic mass is 9.97. The Hall–Kier alpha value is -0.260. The second kappa shape index (κ2) is 6.35. The Kier molecular flexibility index (Phi) is 4.76. The van der Waals surface area contributed by atoms with Gasteiger partial charge in [0.15, 0.2) is 0 Å². The van der Waals surface area contributed by atoms with E-state index < -0.39 is 0 Å². The van der Waals surface area contributed by atoms with Crippen LogP contribution in [0, 0.1) is 0 Å². The molecule has 0 amide bonds. The Morgan fingerprint density at radius 1 is 0.333 bits per heavy atom. The molecule has 0 unspecified atom stereocenters. The van der Waals surface area contributed by atoms with Crippen molar-refractivity contribution in [2.45, 2.75) is 83.5 Å². The third kappa shape index (κ3) is 3.66. The lowest BCUT2D eigenvalue weighted by Gasteiger charge is -2.10. The zero-order valence-corrected chi connectivity index (χ0v) is 10.2. The van der Waals surface area contributed by atoms with Crippen LogP contribution in [0.3, 0.4) is 0 Å². The molecule has 0 nitrogen and oxygen atoms in total. The maximum absolute atomic E-state index is 1.87. The molecule has 0 spiro atoms. The fourth-order valence-corrected chi connectivity index (χ4v) is 3.21. The summed E-state index contributed by atoms with van der Waals surface area (Å²) >= 11 is 0. The van der Waals surface area contributed by atoms with Gasteiger partial charge < -0.3 is 0 Å². The average Bonchev–Trinajstić information content (AvgIpc) is 2.65. The van der Waals surface area contributed by atoms with Crippen LogP contribution in [0.1, 0.15) is 83.5 Å². The average molecular weight is 206 g/mol. The van der Waals surface area contributed by atoms with Crippen molar-refractivity contribution in [3.63, 3.8) is 0 Å². The summed E-state index contributed by atoms with van der Waals surface area (Å²) in [5.74, 6) is 0. The molecular weight excluding hydrogens is 180 g/mol. The van der Waals surface area contributed by atoms with Crippen LogP contribution in [0.2, 0.25) is 0 Å². The van der Waals surface area contributed by atoms with Crippen molar-refractivity contribution >= 4 is 0 Å². The summed E-state index contributed by atoms with van der Waals surface area (Å²) in [5, 5.41) is 0. The number of rotatable bonds is 0. The summed E-state index contributed by atoms with van der Waals surface area (Å²) in [4.78, 5) is 0. The summed E-state index contributed by atoms with van der Waals surface area (Å²) in [6.07, 6.45) is 19.1. The summed E-state index contributed by atoms with van der Waals surface area (Å²) in [6, 6.07) is 0. The van der Waals surface area contributed by atoms with Gasteiger partial charge >= 0.3 is 0 Å². The molecule has 0 heteroatoms. The molecule has 0 heterocycles. The Morgan fingerprint density at radius 3 is 1.13 bits per heavy atom. The third-order valence-corrected chi connectivity index (χ3v) is 4.16.